The number of methoxy groups -OCH3 is 1. The Morgan fingerprint density at radius 1 is 1.09 bits per heavy atom. The van der Waals surface area contributed by atoms with Crippen molar-refractivity contribution in [3.8, 4) is 5.75 Å². The SMILES string of the molecule is COc1ccc(N[C@H](C)c2ccccc2)cc1S(=O)(=O)N(C)C. The summed E-state index contributed by atoms with van der Waals surface area (Å²) < 4.78 is 31.2. The molecule has 6 heteroatoms. The van der Waals surface area contributed by atoms with Gasteiger partial charge >= 0.3 is 0 Å². The number of benzene rings is 2. The Balaban J connectivity index is 2.35. The second kappa shape index (κ2) is 7.02. The number of hydrogen-bond donors (Lipinski definition) is 1. The number of sulfonamides is 1. The lowest BCUT2D eigenvalue weighted by atomic mass is 10.1. The molecule has 0 amide bonds. The molecule has 1 atom stereocenters. The summed E-state index contributed by atoms with van der Waals surface area (Å²) in [5, 5.41) is 3.32. The van der Waals surface area contributed by atoms with Gasteiger partial charge in [-0.1, -0.05) is 30.3 Å². The monoisotopic (exact) mass is 334 g/mol. The molecule has 0 aliphatic rings. The summed E-state index contributed by atoms with van der Waals surface area (Å²) in [6.07, 6.45) is 0. The van der Waals surface area contributed by atoms with Crippen LogP contribution in [0.2, 0.25) is 0 Å². The molecule has 0 saturated heterocycles. The Bertz CT molecular complexity index is 759. The fourth-order valence-electron chi connectivity index (χ4n) is 2.24. The lowest BCUT2D eigenvalue weighted by molar-refractivity contribution is 0.400. The standard InChI is InChI=1S/C17H22N2O3S/c1-13(14-8-6-5-7-9-14)18-15-10-11-16(22-4)17(12-15)23(20,21)19(2)3/h5-13,18H,1-4H3/t13-/m1/s1. The molecule has 1 N–H and O–H groups in total. The van der Waals surface area contributed by atoms with Gasteiger partial charge in [-0.25, -0.2) is 12.7 Å². The van der Waals surface area contributed by atoms with E-state index in [-0.39, 0.29) is 10.9 Å². The highest BCUT2D eigenvalue weighted by atomic mass is 32.2. The summed E-state index contributed by atoms with van der Waals surface area (Å²) in [6, 6.07) is 15.1. The molecule has 0 aliphatic carbocycles. The van der Waals surface area contributed by atoms with E-state index in [1.54, 1.807) is 12.1 Å². The van der Waals surface area contributed by atoms with Crippen LogP contribution in [-0.2, 0) is 10.0 Å². The molecule has 5 nitrogen and oxygen atoms in total. The Morgan fingerprint density at radius 3 is 2.30 bits per heavy atom. The zero-order valence-electron chi connectivity index (χ0n) is 13.8. The van der Waals surface area contributed by atoms with E-state index in [4.69, 9.17) is 4.74 Å². The number of nitrogens with zero attached hydrogens (tertiary/aromatic N) is 1. The van der Waals surface area contributed by atoms with E-state index in [1.807, 2.05) is 43.3 Å². The van der Waals surface area contributed by atoms with Crippen molar-refractivity contribution >= 4 is 15.7 Å². The molecule has 124 valence electrons. The lowest BCUT2D eigenvalue weighted by Gasteiger charge is -2.19. The van der Waals surface area contributed by atoms with E-state index < -0.39 is 10.0 Å². The van der Waals surface area contributed by atoms with Crippen LogP contribution < -0.4 is 10.1 Å². The molecule has 2 aromatic rings. The summed E-state index contributed by atoms with van der Waals surface area (Å²) in [4.78, 5) is 0.148. The van der Waals surface area contributed by atoms with E-state index in [0.29, 0.717) is 5.75 Å². The van der Waals surface area contributed by atoms with Gasteiger partial charge in [0.2, 0.25) is 10.0 Å². The molecule has 0 spiro atoms. The average molecular weight is 334 g/mol. The average Bonchev–Trinajstić information content (AvgIpc) is 2.55. The smallest absolute Gasteiger partial charge is 0.246 e. The maximum Gasteiger partial charge on any atom is 0.246 e. The fraction of sp³-hybridized carbons (Fsp3) is 0.294. The highest BCUT2D eigenvalue weighted by Crippen LogP contribution is 2.30. The van der Waals surface area contributed by atoms with Crippen molar-refractivity contribution in [2.45, 2.75) is 17.9 Å². The summed E-state index contributed by atoms with van der Waals surface area (Å²) in [7, 11) is 0.891. The van der Waals surface area contributed by atoms with Gasteiger partial charge in [0, 0.05) is 25.8 Å². The minimum Gasteiger partial charge on any atom is -0.495 e. The van der Waals surface area contributed by atoms with Crippen molar-refractivity contribution in [3.05, 3.63) is 54.1 Å². The van der Waals surface area contributed by atoms with E-state index in [9.17, 15) is 8.42 Å². The molecule has 0 heterocycles. The van der Waals surface area contributed by atoms with E-state index >= 15 is 0 Å². The second-order valence-electron chi connectivity index (χ2n) is 5.43. The first-order valence-electron chi connectivity index (χ1n) is 7.28. The Morgan fingerprint density at radius 2 is 1.74 bits per heavy atom. The van der Waals surface area contributed by atoms with Gasteiger partial charge in [-0.2, -0.15) is 0 Å². The number of ether oxygens (including phenoxy) is 1. The first-order chi connectivity index (χ1) is 10.9. The predicted molar refractivity (Wildman–Crippen MR) is 92.3 cm³/mol. The van der Waals surface area contributed by atoms with Crippen molar-refractivity contribution in [1.82, 2.24) is 4.31 Å². The lowest BCUT2D eigenvalue weighted by Crippen LogP contribution is -2.23. The predicted octanol–water partition coefficient (Wildman–Crippen LogP) is 3.12. The van der Waals surface area contributed by atoms with Crippen LogP contribution in [0.15, 0.2) is 53.4 Å². The van der Waals surface area contributed by atoms with Crippen LogP contribution in [0.4, 0.5) is 5.69 Å². The quantitative estimate of drug-likeness (QED) is 0.882. The maximum atomic E-state index is 12.4. The van der Waals surface area contributed by atoms with Gasteiger partial charge in [0.05, 0.1) is 7.11 Å². The van der Waals surface area contributed by atoms with Gasteiger partial charge in [0.15, 0.2) is 0 Å². The molecule has 0 unspecified atom stereocenters. The molecule has 0 fully saturated rings. The molecule has 23 heavy (non-hydrogen) atoms. The molecule has 0 aliphatic heterocycles. The van der Waals surface area contributed by atoms with Crippen molar-refractivity contribution in [2.75, 3.05) is 26.5 Å². The first kappa shape index (κ1) is 17.3. The van der Waals surface area contributed by atoms with E-state index in [1.165, 1.54) is 25.5 Å². The Labute approximate surface area is 137 Å². The van der Waals surface area contributed by atoms with Crippen molar-refractivity contribution in [2.24, 2.45) is 0 Å². The zero-order chi connectivity index (χ0) is 17.0. The summed E-state index contributed by atoms with van der Waals surface area (Å²) in [6.45, 7) is 2.03. The Kier molecular flexibility index (Phi) is 5.28. The highest BCUT2D eigenvalue weighted by Gasteiger charge is 2.22. The van der Waals surface area contributed by atoms with Crippen LogP contribution in [0, 0.1) is 0 Å². The molecular formula is C17H22N2O3S. The third kappa shape index (κ3) is 3.83. The van der Waals surface area contributed by atoms with Gasteiger partial charge in [-0.05, 0) is 30.7 Å². The third-order valence-corrected chi connectivity index (χ3v) is 5.44. The minimum atomic E-state index is -3.57. The van der Waals surface area contributed by atoms with Crippen molar-refractivity contribution in [3.63, 3.8) is 0 Å². The highest BCUT2D eigenvalue weighted by molar-refractivity contribution is 7.89. The van der Waals surface area contributed by atoms with Crippen molar-refractivity contribution in [1.29, 1.82) is 0 Å². The minimum absolute atomic E-state index is 0.0551. The maximum absolute atomic E-state index is 12.4. The molecule has 0 aromatic heterocycles. The van der Waals surface area contributed by atoms with Gasteiger partial charge in [-0.3, -0.25) is 0 Å². The van der Waals surface area contributed by atoms with Gasteiger partial charge < -0.3 is 10.1 Å². The van der Waals surface area contributed by atoms with E-state index in [2.05, 4.69) is 5.32 Å². The topological polar surface area (TPSA) is 58.6 Å². The van der Waals surface area contributed by atoms with Crippen LogP contribution in [-0.4, -0.2) is 33.9 Å². The first-order valence-corrected chi connectivity index (χ1v) is 8.72. The number of anilines is 1. The normalized spacial score (nSPS) is 12.9. The number of nitrogens with one attached hydrogen (secondary N) is 1. The van der Waals surface area contributed by atoms with Gasteiger partial charge in [0.1, 0.15) is 10.6 Å². The van der Waals surface area contributed by atoms with Crippen LogP contribution in [0.1, 0.15) is 18.5 Å². The second-order valence-corrected chi connectivity index (χ2v) is 7.55. The Hall–Kier alpha value is -2.05. The molecule has 0 bridgehead atoms. The zero-order valence-corrected chi connectivity index (χ0v) is 14.6. The fourth-order valence-corrected chi connectivity index (χ4v) is 3.31. The van der Waals surface area contributed by atoms with Crippen LogP contribution in [0.25, 0.3) is 0 Å². The number of rotatable bonds is 6. The molecule has 0 saturated carbocycles. The summed E-state index contributed by atoms with van der Waals surface area (Å²) >= 11 is 0. The summed E-state index contributed by atoms with van der Waals surface area (Å²) in [5.41, 5.74) is 1.85. The molecular weight excluding hydrogens is 312 g/mol. The summed E-state index contributed by atoms with van der Waals surface area (Å²) in [5.74, 6) is 0.330. The largest absolute Gasteiger partial charge is 0.495 e. The van der Waals surface area contributed by atoms with Crippen LogP contribution in [0.3, 0.4) is 0 Å². The van der Waals surface area contributed by atoms with Gasteiger partial charge in [-0.15, -0.1) is 0 Å². The van der Waals surface area contributed by atoms with Crippen LogP contribution in [0.5, 0.6) is 5.75 Å². The van der Waals surface area contributed by atoms with Gasteiger partial charge in [0.25, 0.3) is 0 Å². The molecule has 0 radical (unpaired) electrons. The van der Waals surface area contributed by atoms with E-state index in [0.717, 1.165) is 11.3 Å². The third-order valence-electron chi connectivity index (χ3n) is 3.60. The van der Waals surface area contributed by atoms with Crippen molar-refractivity contribution < 1.29 is 13.2 Å². The number of hydrogen-bond acceptors (Lipinski definition) is 4. The molecule has 2 aromatic carbocycles. The molecule has 2 rings (SSSR count). The van der Waals surface area contributed by atoms with Crippen LogP contribution >= 0.6 is 0 Å².